The fourth-order valence-electron chi connectivity index (χ4n) is 2.57. The normalized spacial score (nSPS) is 10.9. The van der Waals surface area contributed by atoms with Crippen LogP contribution in [-0.2, 0) is 11.3 Å². The largest absolute Gasteiger partial charge is 0.446 e. The van der Waals surface area contributed by atoms with Gasteiger partial charge in [-0.3, -0.25) is 9.36 Å². The lowest BCUT2D eigenvalue weighted by atomic mass is 10.1. The highest BCUT2D eigenvalue weighted by Gasteiger charge is 2.17. The van der Waals surface area contributed by atoms with Gasteiger partial charge in [-0.2, -0.15) is 0 Å². The van der Waals surface area contributed by atoms with Crippen LogP contribution in [-0.4, -0.2) is 26.4 Å². The SMILES string of the molecule is CCn1c(SCC(=O)Nc2ccc(C)cc2C)nnc1-c1ccc(Br)o1. The average molecular weight is 435 g/mol. The second-order valence-corrected chi connectivity index (χ2v) is 7.53. The Morgan fingerprint density at radius 3 is 2.73 bits per heavy atom. The van der Waals surface area contributed by atoms with Crippen molar-refractivity contribution >= 4 is 39.3 Å². The van der Waals surface area contributed by atoms with Gasteiger partial charge in [-0.05, 0) is 60.5 Å². The topological polar surface area (TPSA) is 73.0 Å². The van der Waals surface area contributed by atoms with Crippen molar-refractivity contribution in [3.8, 4) is 11.6 Å². The molecular formula is C18H19BrN4O2S. The van der Waals surface area contributed by atoms with Gasteiger partial charge in [0, 0.05) is 12.2 Å². The minimum Gasteiger partial charge on any atom is -0.446 e. The molecule has 136 valence electrons. The second kappa shape index (κ2) is 8.09. The second-order valence-electron chi connectivity index (χ2n) is 5.81. The van der Waals surface area contributed by atoms with E-state index in [1.165, 1.54) is 17.3 Å². The van der Waals surface area contributed by atoms with Crippen molar-refractivity contribution in [2.45, 2.75) is 32.5 Å². The van der Waals surface area contributed by atoms with Crippen molar-refractivity contribution < 1.29 is 9.21 Å². The highest BCUT2D eigenvalue weighted by molar-refractivity contribution is 9.10. The van der Waals surface area contributed by atoms with Crippen molar-refractivity contribution in [2.24, 2.45) is 0 Å². The van der Waals surface area contributed by atoms with E-state index in [-0.39, 0.29) is 11.7 Å². The fourth-order valence-corrected chi connectivity index (χ4v) is 3.68. The van der Waals surface area contributed by atoms with Gasteiger partial charge in [0.1, 0.15) is 0 Å². The summed E-state index contributed by atoms with van der Waals surface area (Å²) in [5.74, 6) is 1.47. The number of nitrogens with one attached hydrogen (secondary N) is 1. The maximum atomic E-state index is 12.3. The molecule has 6 nitrogen and oxygen atoms in total. The van der Waals surface area contributed by atoms with E-state index < -0.39 is 0 Å². The third kappa shape index (κ3) is 4.19. The molecule has 0 aliphatic carbocycles. The van der Waals surface area contributed by atoms with Crippen LogP contribution in [0.2, 0.25) is 0 Å². The van der Waals surface area contributed by atoms with Crippen molar-refractivity contribution in [1.82, 2.24) is 14.8 Å². The molecule has 0 fully saturated rings. The summed E-state index contributed by atoms with van der Waals surface area (Å²) < 4.78 is 8.13. The first kappa shape index (κ1) is 18.7. The van der Waals surface area contributed by atoms with Crippen LogP contribution in [0.25, 0.3) is 11.6 Å². The summed E-state index contributed by atoms with van der Waals surface area (Å²) >= 11 is 4.65. The number of benzene rings is 1. The van der Waals surface area contributed by atoms with Gasteiger partial charge < -0.3 is 9.73 Å². The number of carbonyl (C=O) groups excluding carboxylic acids is 1. The third-order valence-corrected chi connectivity index (χ3v) is 5.21. The number of aromatic nitrogens is 3. The first-order valence-corrected chi connectivity index (χ1v) is 9.94. The monoisotopic (exact) mass is 434 g/mol. The number of aryl methyl sites for hydroxylation is 2. The molecule has 0 atom stereocenters. The van der Waals surface area contributed by atoms with Gasteiger partial charge in [-0.1, -0.05) is 29.5 Å². The summed E-state index contributed by atoms with van der Waals surface area (Å²) in [4.78, 5) is 12.3. The first-order chi connectivity index (χ1) is 12.5. The van der Waals surface area contributed by atoms with Crippen LogP contribution in [0, 0.1) is 13.8 Å². The average Bonchev–Trinajstić information content (AvgIpc) is 3.21. The van der Waals surface area contributed by atoms with Gasteiger partial charge in [0.25, 0.3) is 0 Å². The first-order valence-electron chi connectivity index (χ1n) is 8.16. The summed E-state index contributed by atoms with van der Waals surface area (Å²) in [5.41, 5.74) is 3.05. The number of hydrogen-bond donors (Lipinski definition) is 1. The third-order valence-electron chi connectivity index (χ3n) is 3.82. The number of hydrogen-bond acceptors (Lipinski definition) is 5. The lowest BCUT2D eigenvalue weighted by molar-refractivity contribution is -0.113. The highest BCUT2D eigenvalue weighted by atomic mass is 79.9. The molecule has 0 bridgehead atoms. The Morgan fingerprint density at radius 2 is 2.08 bits per heavy atom. The Labute approximate surface area is 164 Å². The zero-order valence-electron chi connectivity index (χ0n) is 14.7. The summed E-state index contributed by atoms with van der Waals surface area (Å²) in [6, 6.07) is 9.60. The minimum atomic E-state index is -0.0742. The Kier molecular flexibility index (Phi) is 5.83. The summed E-state index contributed by atoms with van der Waals surface area (Å²) in [6.45, 7) is 6.70. The Morgan fingerprint density at radius 1 is 1.27 bits per heavy atom. The van der Waals surface area contributed by atoms with Crippen LogP contribution in [0.4, 0.5) is 5.69 Å². The molecular weight excluding hydrogens is 416 g/mol. The number of furan rings is 1. The number of thioether (sulfide) groups is 1. The smallest absolute Gasteiger partial charge is 0.234 e. The Hall–Kier alpha value is -2.06. The lowest BCUT2D eigenvalue weighted by Gasteiger charge is -2.09. The van der Waals surface area contributed by atoms with Crippen molar-refractivity contribution in [3.63, 3.8) is 0 Å². The zero-order valence-corrected chi connectivity index (χ0v) is 17.1. The molecule has 0 unspecified atom stereocenters. The fraction of sp³-hybridized carbons (Fsp3) is 0.278. The number of halogens is 1. The minimum absolute atomic E-state index is 0.0742. The van der Waals surface area contributed by atoms with Crippen molar-refractivity contribution in [3.05, 3.63) is 46.1 Å². The van der Waals surface area contributed by atoms with E-state index in [2.05, 4.69) is 31.4 Å². The van der Waals surface area contributed by atoms with E-state index in [1.807, 2.05) is 55.7 Å². The maximum Gasteiger partial charge on any atom is 0.234 e. The molecule has 8 heteroatoms. The quantitative estimate of drug-likeness (QED) is 0.570. The van der Waals surface area contributed by atoms with Crippen LogP contribution in [0.15, 0.2) is 44.6 Å². The van der Waals surface area contributed by atoms with Gasteiger partial charge >= 0.3 is 0 Å². The molecule has 1 N–H and O–H groups in total. The molecule has 1 amide bonds. The molecule has 0 aliphatic heterocycles. The molecule has 0 radical (unpaired) electrons. The number of amides is 1. The molecule has 3 rings (SSSR count). The van der Waals surface area contributed by atoms with E-state index in [4.69, 9.17) is 4.42 Å². The van der Waals surface area contributed by atoms with Crippen LogP contribution >= 0.6 is 27.7 Å². The van der Waals surface area contributed by atoms with E-state index in [9.17, 15) is 4.79 Å². The van der Waals surface area contributed by atoms with Crippen molar-refractivity contribution in [2.75, 3.05) is 11.1 Å². The lowest BCUT2D eigenvalue weighted by Crippen LogP contribution is -2.15. The van der Waals surface area contributed by atoms with Gasteiger partial charge in [-0.15, -0.1) is 10.2 Å². The van der Waals surface area contributed by atoms with Gasteiger partial charge in [0.2, 0.25) is 11.7 Å². The van der Waals surface area contributed by atoms with E-state index in [0.717, 1.165) is 11.3 Å². The highest BCUT2D eigenvalue weighted by Crippen LogP contribution is 2.27. The predicted molar refractivity (Wildman–Crippen MR) is 106 cm³/mol. The Bertz CT molecular complexity index is 935. The molecule has 0 saturated heterocycles. The molecule has 2 heterocycles. The maximum absolute atomic E-state index is 12.3. The van der Waals surface area contributed by atoms with E-state index >= 15 is 0 Å². The van der Waals surface area contributed by atoms with Crippen LogP contribution < -0.4 is 5.32 Å². The number of nitrogens with zero attached hydrogens (tertiary/aromatic N) is 3. The predicted octanol–water partition coefficient (Wildman–Crippen LogP) is 4.67. The summed E-state index contributed by atoms with van der Waals surface area (Å²) in [5, 5.41) is 12.0. The van der Waals surface area contributed by atoms with Crippen LogP contribution in [0.5, 0.6) is 0 Å². The zero-order chi connectivity index (χ0) is 18.7. The number of anilines is 1. The van der Waals surface area contributed by atoms with Gasteiger partial charge in [-0.25, -0.2) is 0 Å². The molecule has 26 heavy (non-hydrogen) atoms. The summed E-state index contributed by atoms with van der Waals surface area (Å²) in [7, 11) is 0. The molecule has 0 aliphatic rings. The van der Waals surface area contributed by atoms with Gasteiger partial charge in [0.15, 0.2) is 15.6 Å². The van der Waals surface area contributed by atoms with Crippen LogP contribution in [0.1, 0.15) is 18.1 Å². The molecule has 2 aromatic heterocycles. The molecule has 0 saturated carbocycles. The number of carbonyl (C=O) groups is 1. The van der Waals surface area contributed by atoms with Gasteiger partial charge in [0.05, 0.1) is 5.75 Å². The summed E-state index contributed by atoms with van der Waals surface area (Å²) in [6.07, 6.45) is 0. The molecule has 1 aromatic carbocycles. The van der Waals surface area contributed by atoms with Crippen LogP contribution in [0.3, 0.4) is 0 Å². The Balaban J connectivity index is 1.67. The standard InChI is InChI=1S/C18H19BrN4O2S/c1-4-23-17(14-7-8-15(19)25-14)21-22-18(23)26-10-16(24)20-13-6-5-11(2)9-12(13)3/h5-9H,4,10H2,1-3H3,(H,20,24). The number of rotatable bonds is 6. The molecule has 0 spiro atoms. The van der Waals surface area contributed by atoms with E-state index in [1.54, 1.807) is 0 Å². The van der Waals surface area contributed by atoms with Crippen molar-refractivity contribution in [1.29, 1.82) is 0 Å². The molecule has 3 aromatic rings. The van der Waals surface area contributed by atoms with E-state index in [0.29, 0.717) is 28.0 Å².